The Labute approximate surface area is 111 Å². The summed E-state index contributed by atoms with van der Waals surface area (Å²) in [6, 6.07) is 10.7. The van der Waals surface area contributed by atoms with Crippen LogP contribution in [0.1, 0.15) is 9.67 Å². The van der Waals surface area contributed by atoms with Gasteiger partial charge in [-0.1, -0.05) is 12.1 Å². The Morgan fingerprint density at radius 1 is 1.29 bits per heavy atom. The summed E-state index contributed by atoms with van der Waals surface area (Å²) in [7, 11) is 0. The van der Waals surface area contributed by atoms with E-state index in [-0.39, 0.29) is 12.4 Å². The molecule has 5 heteroatoms. The molecule has 2 rings (SSSR count). The number of carbonyl (C=O) groups is 1. The zero-order valence-electron chi connectivity index (χ0n) is 8.85. The molecule has 0 saturated heterocycles. The quantitative estimate of drug-likeness (QED) is 0.696. The predicted molar refractivity (Wildman–Crippen MR) is 72.7 cm³/mol. The number of thiophene rings is 1. The fraction of sp³-hybridized carbons (Fsp3) is 0.0833. The van der Waals surface area contributed by atoms with Crippen LogP contribution in [-0.4, -0.2) is 12.4 Å². The molecule has 3 nitrogen and oxygen atoms in total. The number of carbonyl (C=O) groups excluding carboxylic acids is 1. The van der Waals surface area contributed by atoms with Gasteiger partial charge >= 0.3 is 0 Å². The van der Waals surface area contributed by atoms with E-state index in [4.69, 9.17) is 10.5 Å². The molecule has 0 aliphatic rings. The number of halogens is 1. The van der Waals surface area contributed by atoms with Gasteiger partial charge in [0.2, 0.25) is 5.78 Å². The summed E-state index contributed by atoms with van der Waals surface area (Å²) in [5, 5.41) is 0. The van der Waals surface area contributed by atoms with Crippen molar-refractivity contribution < 1.29 is 9.53 Å². The summed E-state index contributed by atoms with van der Waals surface area (Å²) >= 11 is 4.70. The van der Waals surface area contributed by atoms with Crippen molar-refractivity contribution in [2.45, 2.75) is 0 Å². The topological polar surface area (TPSA) is 52.3 Å². The highest BCUT2D eigenvalue weighted by molar-refractivity contribution is 9.11. The molecule has 0 bridgehead atoms. The number of ether oxygens (including phenoxy) is 1. The van der Waals surface area contributed by atoms with E-state index < -0.39 is 0 Å². The van der Waals surface area contributed by atoms with Crippen LogP contribution in [0.15, 0.2) is 40.2 Å². The van der Waals surface area contributed by atoms with Gasteiger partial charge in [-0.15, -0.1) is 11.3 Å². The summed E-state index contributed by atoms with van der Waals surface area (Å²) in [4.78, 5) is 12.4. The summed E-state index contributed by atoms with van der Waals surface area (Å²) in [5.74, 6) is 0.487. The molecular weight excluding hydrogens is 302 g/mol. The van der Waals surface area contributed by atoms with Crippen LogP contribution in [0.25, 0.3) is 0 Å². The predicted octanol–water partition coefficient (Wildman–Crippen LogP) is 3.35. The number of anilines is 1. The minimum Gasteiger partial charge on any atom is -0.483 e. The average molecular weight is 312 g/mol. The van der Waals surface area contributed by atoms with Crippen LogP contribution in [0.5, 0.6) is 5.75 Å². The second kappa shape index (κ2) is 5.33. The first-order valence-corrected chi connectivity index (χ1v) is 6.53. The first-order valence-electron chi connectivity index (χ1n) is 4.92. The van der Waals surface area contributed by atoms with Crippen LogP contribution in [0, 0.1) is 0 Å². The number of para-hydroxylation sites is 2. The van der Waals surface area contributed by atoms with Crippen molar-refractivity contribution in [3.8, 4) is 5.75 Å². The highest BCUT2D eigenvalue weighted by Gasteiger charge is 2.10. The number of hydrogen-bond acceptors (Lipinski definition) is 4. The number of Topliss-reactive ketones (excluding diaryl/α,β-unsaturated/α-hetero) is 1. The molecule has 0 unspecified atom stereocenters. The maximum Gasteiger partial charge on any atom is 0.210 e. The van der Waals surface area contributed by atoms with Gasteiger partial charge in [0.1, 0.15) is 5.75 Å². The lowest BCUT2D eigenvalue weighted by Crippen LogP contribution is -2.10. The van der Waals surface area contributed by atoms with Gasteiger partial charge in [0, 0.05) is 0 Å². The molecule has 88 valence electrons. The van der Waals surface area contributed by atoms with Crippen molar-refractivity contribution in [3.05, 3.63) is 45.1 Å². The average Bonchev–Trinajstić information content (AvgIpc) is 2.74. The van der Waals surface area contributed by atoms with Crippen LogP contribution in [-0.2, 0) is 0 Å². The van der Waals surface area contributed by atoms with Crippen molar-refractivity contribution >= 4 is 38.7 Å². The van der Waals surface area contributed by atoms with Gasteiger partial charge < -0.3 is 10.5 Å². The molecule has 2 aromatic rings. The van der Waals surface area contributed by atoms with Crippen molar-refractivity contribution in [2.24, 2.45) is 0 Å². The van der Waals surface area contributed by atoms with E-state index in [0.29, 0.717) is 16.3 Å². The molecule has 0 atom stereocenters. The number of hydrogen-bond donors (Lipinski definition) is 1. The van der Waals surface area contributed by atoms with Gasteiger partial charge in [0.25, 0.3) is 0 Å². The maximum absolute atomic E-state index is 11.8. The molecule has 0 saturated carbocycles. The standard InChI is InChI=1S/C12H10BrNO2S/c13-12-6-5-11(17-12)9(15)7-16-10-4-2-1-3-8(10)14/h1-6H,7,14H2. The van der Waals surface area contributed by atoms with E-state index in [0.717, 1.165) is 3.79 Å². The smallest absolute Gasteiger partial charge is 0.210 e. The molecule has 2 N–H and O–H groups in total. The first-order chi connectivity index (χ1) is 8.16. The number of ketones is 1. The zero-order chi connectivity index (χ0) is 12.3. The molecular formula is C12H10BrNO2S. The summed E-state index contributed by atoms with van der Waals surface area (Å²) in [6.07, 6.45) is 0. The van der Waals surface area contributed by atoms with Gasteiger partial charge in [0.05, 0.1) is 14.4 Å². The van der Waals surface area contributed by atoms with Crippen LogP contribution in [0.3, 0.4) is 0 Å². The lowest BCUT2D eigenvalue weighted by molar-refractivity contribution is 0.0926. The van der Waals surface area contributed by atoms with Crippen LogP contribution in [0.4, 0.5) is 5.69 Å². The molecule has 0 spiro atoms. The molecule has 0 fully saturated rings. The van der Waals surface area contributed by atoms with Crippen LogP contribution < -0.4 is 10.5 Å². The lowest BCUT2D eigenvalue weighted by atomic mass is 10.3. The third-order valence-electron chi connectivity index (χ3n) is 2.13. The van der Waals surface area contributed by atoms with E-state index in [1.165, 1.54) is 11.3 Å². The number of nitrogens with two attached hydrogens (primary N) is 1. The number of nitrogen functional groups attached to an aromatic ring is 1. The Morgan fingerprint density at radius 3 is 2.71 bits per heavy atom. The molecule has 1 heterocycles. The normalized spacial score (nSPS) is 10.2. The largest absolute Gasteiger partial charge is 0.483 e. The van der Waals surface area contributed by atoms with Gasteiger partial charge in [-0.3, -0.25) is 4.79 Å². The van der Waals surface area contributed by atoms with Crippen molar-refractivity contribution in [2.75, 3.05) is 12.3 Å². The fourth-order valence-corrected chi connectivity index (χ4v) is 2.60. The number of benzene rings is 1. The Bertz CT molecular complexity index is 539. The summed E-state index contributed by atoms with van der Waals surface area (Å²) < 4.78 is 6.31. The van der Waals surface area contributed by atoms with Crippen LogP contribution >= 0.6 is 27.3 Å². The first kappa shape index (κ1) is 12.1. The van der Waals surface area contributed by atoms with Crippen LogP contribution in [0.2, 0.25) is 0 Å². The van der Waals surface area contributed by atoms with Crippen molar-refractivity contribution in [3.63, 3.8) is 0 Å². The van der Waals surface area contributed by atoms with Crippen molar-refractivity contribution in [1.82, 2.24) is 0 Å². The van der Waals surface area contributed by atoms with Crippen molar-refractivity contribution in [1.29, 1.82) is 0 Å². The second-order valence-electron chi connectivity index (χ2n) is 3.35. The monoisotopic (exact) mass is 311 g/mol. The van der Waals surface area contributed by atoms with E-state index in [9.17, 15) is 4.79 Å². The Hall–Kier alpha value is -1.33. The minimum absolute atomic E-state index is 0.00116. The molecule has 1 aromatic carbocycles. The zero-order valence-corrected chi connectivity index (χ0v) is 11.3. The molecule has 0 aliphatic heterocycles. The third kappa shape index (κ3) is 3.08. The van der Waals surface area contributed by atoms with E-state index in [1.54, 1.807) is 18.2 Å². The van der Waals surface area contributed by atoms with E-state index >= 15 is 0 Å². The minimum atomic E-state index is -0.0519. The molecule has 0 radical (unpaired) electrons. The molecule has 17 heavy (non-hydrogen) atoms. The Balaban J connectivity index is 1.99. The molecule has 1 aromatic heterocycles. The van der Waals surface area contributed by atoms with E-state index in [1.807, 2.05) is 18.2 Å². The highest BCUT2D eigenvalue weighted by Crippen LogP contribution is 2.24. The molecule has 0 aliphatic carbocycles. The van der Waals surface area contributed by atoms with Gasteiger partial charge in [0.15, 0.2) is 6.61 Å². The molecule has 0 amide bonds. The maximum atomic E-state index is 11.8. The summed E-state index contributed by atoms with van der Waals surface area (Å²) in [5.41, 5.74) is 6.24. The SMILES string of the molecule is Nc1ccccc1OCC(=O)c1ccc(Br)s1. The Kier molecular flexibility index (Phi) is 3.81. The van der Waals surface area contributed by atoms with Gasteiger partial charge in [-0.25, -0.2) is 0 Å². The highest BCUT2D eigenvalue weighted by atomic mass is 79.9. The number of rotatable bonds is 4. The summed E-state index contributed by atoms with van der Waals surface area (Å²) in [6.45, 7) is 0.00116. The van der Waals surface area contributed by atoms with E-state index in [2.05, 4.69) is 15.9 Å². The second-order valence-corrected chi connectivity index (χ2v) is 5.82. The lowest BCUT2D eigenvalue weighted by Gasteiger charge is -2.06. The third-order valence-corrected chi connectivity index (χ3v) is 3.79. The Morgan fingerprint density at radius 2 is 2.06 bits per heavy atom. The van der Waals surface area contributed by atoms with Gasteiger partial charge in [-0.05, 0) is 40.2 Å². The van der Waals surface area contributed by atoms with Gasteiger partial charge in [-0.2, -0.15) is 0 Å². The fourth-order valence-electron chi connectivity index (χ4n) is 1.29.